The van der Waals surface area contributed by atoms with E-state index >= 15 is 0 Å². The van der Waals surface area contributed by atoms with Crippen molar-refractivity contribution in [2.45, 2.75) is 6.10 Å². The van der Waals surface area contributed by atoms with E-state index in [1.807, 2.05) is 13.1 Å². The minimum atomic E-state index is -0.516. The molecule has 4 nitrogen and oxygen atoms in total. The van der Waals surface area contributed by atoms with Crippen molar-refractivity contribution in [1.82, 2.24) is 4.90 Å². The van der Waals surface area contributed by atoms with E-state index in [4.69, 9.17) is 14.7 Å². The van der Waals surface area contributed by atoms with Crippen molar-refractivity contribution in [3.05, 3.63) is 29.6 Å². The van der Waals surface area contributed by atoms with Crippen LogP contribution in [0, 0.1) is 17.1 Å². The van der Waals surface area contributed by atoms with Gasteiger partial charge in [0, 0.05) is 13.1 Å². The lowest BCUT2D eigenvalue weighted by molar-refractivity contribution is -0.0408. The maximum atomic E-state index is 13.5. The van der Waals surface area contributed by atoms with Gasteiger partial charge in [-0.2, -0.15) is 5.26 Å². The van der Waals surface area contributed by atoms with Gasteiger partial charge in [0.05, 0.1) is 18.2 Å². The Morgan fingerprint density at radius 3 is 3.11 bits per heavy atom. The zero-order valence-electron chi connectivity index (χ0n) is 10.2. The average Bonchev–Trinajstić information content (AvgIpc) is 2.37. The summed E-state index contributed by atoms with van der Waals surface area (Å²) in [5.41, 5.74) is 0.286. The number of nitriles is 1. The number of halogens is 1. The van der Waals surface area contributed by atoms with Gasteiger partial charge in [0.25, 0.3) is 0 Å². The molecule has 0 bridgehead atoms. The van der Waals surface area contributed by atoms with Crippen LogP contribution in [0.2, 0.25) is 0 Å². The van der Waals surface area contributed by atoms with Crippen LogP contribution in [0.4, 0.5) is 4.39 Å². The molecule has 1 aromatic rings. The molecule has 2 rings (SSSR count). The third kappa shape index (κ3) is 3.19. The first-order valence-corrected chi connectivity index (χ1v) is 5.81. The lowest BCUT2D eigenvalue weighted by Crippen LogP contribution is -2.42. The summed E-state index contributed by atoms with van der Waals surface area (Å²) in [6, 6.07) is 6.06. The molecule has 0 aromatic heterocycles. The van der Waals surface area contributed by atoms with E-state index in [0.717, 1.165) is 13.1 Å². The molecule has 0 spiro atoms. The van der Waals surface area contributed by atoms with Crippen molar-refractivity contribution < 1.29 is 13.9 Å². The summed E-state index contributed by atoms with van der Waals surface area (Å²) in [6.07, 6.45) is -0.0428. The van der Waals surface area contributed by atoms with Crippen molar-refractivity contribution in [2.75, 3.05) is 33.4 Å². The Bertz CT molecular complexity index is 459. The van der Waals surface area contributed by atoms with Crippen LogP contribution in [-0.4, -0.2) is 44.4 Å². The first kappa shape index (κ1) is 12.8. The summed E-state index contributed by atoms with van der Waals surface area (Å²) < 4.78 is 24.4. The highest BCUT2D eigenvalue weighted by atomic mass is 19.1. The third-order valence-corrected chi connectivity index (χ3v) is 2.83. The Morgan fingerprint density at radius 2 is 2.44 bits per heavy atom. The zero-order valence-corrected chi connectivity index (χ0v) is 10.2. The van der Waals surface area contributed by atoms with Crippen LogP contribution in [-0.2, 0) is 4.74 Å². The van der Waals surface area contributed by atoms with Crippen LogP contribution >= 0.6 is 0 Å². The molecule has 0 saturated carbocycles. The molecule has 1 aromatic carbocycles. The van der Waals surface area contributed by atoms with Crippen molar-refractivity contribution in [2.24, 2.45) is 0 Å². The number of benzene rings is 1. The molecule has 1 fully saturated rings. The van der Waals surface area contributed by atoms with Gasteiger partial charge in [-0.05, 0) is 25.2 Å². The number of morpholine rings is 1. The number of ether oxygens (including phenoxy) is 2. The molecule has 1 heterocycles. The smallest absolute Gasteiger partial charge is 0.166 e. The Hall–Kier alpha value is -1.64. The third-order valence-electron chi connectivity index (χ3n) is 2.83. The predicted molar refractivity (Wildman–Crippen MR) is 63.8 cm³/mol. The van der Waals surface area contributed by atoms with Gasteiger partial charge in [-0.25, -0.2) is 4.39 Å². The predicted octanol–water partition coefficient (Wildman–Crippen LogP) is 1.41. The molecule has 1 saturated heterocycles. The summed E-state index contributed by atoms with van der Waals surface area (Å²) >= 11 is 0. The molecule has 1 atom stereocenters. The average molecular weight is 250 g/mol. The van der Waals surface area contributed by atoms with Gasteiger partial charge >= 0.3 is 0 Å². The van der Waals surface area contributed by atoms with Crippen LogP contribution in [0.1, 0.15) is 5.56 Å². The fourth-order valence-electron chi connectivity index (χ4n) is 1.84. The number of hydrogen-bond acceptors (Lipinski definition) is 4. The zero-order chi connectivity index (χ0) is 13.0. The number of hydrogen-bond donors (Lipinski definition) is 0. The SMILES string of the molecule is CN1CCOC(COc2ccc(C#N)cc2F)C1. The molecule has 1 aliphatic rings. The molecular weight excluding hydrogens is 235 g/mol. The fraction of sp³-hybridized carbons (Fsp3) is 0.462. The van der Waals surface area contributed by atoms with Gasteiger partial charge in [-0.3, -0.25) is 0 Å². The van der Waals surface area contributed by atoms with Gasteiger partial charge in [0.1, 0.15) is 12.7 Å². The van der Waals surface area contributed by atoms with Gasteiger partial charge in [-0.1, -0.05) is 0 Å². The molecular formula is C13H15FN2O2. The standard InChI is InChI=1S/C13H15FN2O2/c1-16-4-5-17-11(8-16)9-18-13-3-2-10(7-15)6-12(13)14/h2-3,6,11H,4-5,8-9H2,1H3. The summed E-state index contributed by atoms with van der Waals surface area (Å²) in [5.74, 6) is -0.357. The molecule has 0 amide bonds. The van der Waals surface area contributed by atoms with Gasteiger partial charge in [0.15, 0.2) is 11.6 Å². The quantitative estimate of drug-likeness (QED) is 0.813. The highest BCUT2D eigenvalue weighted by Gasteiger charge is 2.18. The molecule has 0 N–H and O–H groups in total. The Morgan fingerprint density at radius 1 is 1.61 bits per heavy atom. The minimum absolute atomic E-state index is 0.0428. The lowest BCUT2D eigenvalue weighted by atomic mass is 10.2. The van der Waals surface area contributed by atoms with E-state index in [1.165, 1.54) is 18.2 Å². The highest BCUT2D eigenvalue weighted by Crippen LogP contribution is 2.18. The molecule has 1 aliphatic heterocycles. The van der Waals surface area contributed by atoms with Crippen LogP contribution in [0.3, 0.4) is 0 Å². The second kappa shape index (κ2) is 5.80. The first-order chi connectivity index (χ1) is 8.69. The highest BCUT2D eigenvalue weighted by molar-refractivity contribution is 5.35. The molecule has 0 radical (unpaired) electrons. The minimum Gasteiger partial charge on any atom is -0.488 e. The Kier molecular flexibility index (Phi) is 4.13. The second-order valence-electron chi connectivity index (χ2n) is 4.32. The summed E-state index contributed by atoms with van der Waals surface area (Å²) in [6.45, 7) is 2.66. The first-order valence-electron chi connectivity index (χ1n) is 5.81. The summed E-state index contributed by atoms with van der Waals surface area (Å²) in [5, 5.41) is 8.63. The molecule has 96 valence electrons. The summed E-state index contributed by atoms with van der Waals surface area (Å²) in [4.78, 5) is 2.15. The Balaban J connectivity index is 1.92. The molecule has 18 heavy (non-hydrogen) atoms. The molecule has 1 unspecified atom stereocenters. The second-order valence-corrected chi connectivity index (χ2v) is 4.32. The monoisotopic (exact) mass is 250 g/mol. The van der Waals surface area contributed by atoms with Crippen molar-refractivity contribution >= 4 is 0 Å². The van der Waals surface area contributed by atoms with E-state index in [9.17, 15) is 4.39 Å². The molecule has 0 aliphatic carbocycles. The molecule has 5 heteroatoms. The van der Waals surface area contributed by atoms with E-state index in [-0.39, 0.29) is 17.4 Å². The van der Waals surface area contributed by atoms with Crippen molar-refractivity contribution in [3.63, 3.8) is 0 Å². The topological polar surface area (TPSA) is 45.5 Å². The van der Waals surface area contributed by atoms with E-state index in [1.54, 1.807) is 0 Å². The van der Waals surface area contributed by atoms with Crippen molar-refractivity contribution in [3.8, 4) is 11.8 Å². The normalized spacial score (nSPS) is 20.4. The fourth-order valence-corrected chi connectivity index (χ4v) is 1.84. The van der Waals surface area contributed by atoms with E-state index in [0.29, 0.717) is 13.2 Å². The largest absolute Gasteiger partial charge is 0.488 e. The number of nitrogens with zero attached hydrogens (tertiary/aromatic N) is 2. The van der Waals surface area contributed by atoms with Gasteiger partial charge < -0.3 is 14.4 Å². The lowest BCUT2D eigenvalue weighted by Gasteiger charge is -2.29. The Labute approximate surface area is 106 Å². The van der Waals surface area contributed by atoms with Crippen LogP contribution in [0.25, 0.3) is 0 Å². The van der Waals surface area contributed by atoms with Crippen LogP contribution < -0.4 is 4.74 Å². The maximum Gasteiger partial charge on any atom is 0.166 e. The van der Waals surface area contributed by atoms with Crippen LogP contribution in [0.15, 0.2) is 18.2 Å². The van der Waals surface area contributed by atoms with E-state index in [2.05, 4.69) is 4.90 Å². The van der Waals surface area contributed by atoms with Crippen LogP contribution in [0.5, 0.6) is 5.75 Å². The maximum absolute atomic E-state index is 13.5. The number of likely N-dealkylation sites (N-methyl/N-ethyl adjacent to an activating group) is 1. The van der Waals surface area contributed by atoms with Gasteiger partial charge in [-0.15, -0.1) is 0 Å². The van der Waals surface area contributed by atoms with E-state index < -0.39 is 5.82 Å². The number of rotatable bonds is 3. The summed E-state index contributed by atoms with van der Waals surface area (Å²) in [7, 11) is 2.01. The van der Waals surface area contributed by atoms with Crippen molar-refractivity contribution in [1.29, 1.82) is 5.26 Å². The van der Waals surface area contributed by atoms with Gasteiger partial charge in [0.2, 0.25) is 0 Å².